The van der Waals surface area contributed by atoms with E-state index in [-0.39, 0.29) is 24.0 Å². The van der Waals surface area contributed by atoms with Crippen LogP contribution in [0.1, 0.15) is 42.5 Å². The minimum absolute atomic E-state index is 0. The fourth-order valence-corrected chi connectivity index (χ4v) is 4.71. The molecule has 2 N–H and O–H groups in total. The van der Waals surface area contributed by atoms with Gasteiger partial charge in [0.25, 0.3) is 0 Å². The monoisotopic (exact) mass is 544 g/mol. The molecular weight excluding hydrogens is 507 g/mol. The van der Waals surface area contributed by atoms with E-state index in [1.54, 1.807) is 0 Å². The number of aliphatic imine (C=N–C) groups is 1. The smallest absolute Gasteiger partial charge is 0.191 e. The molecule has 2 aromatic heterocycles. The van der Waals surface area contributed by atoms with Gasteiger partial charge < -0.3 is 10.6 Å². The lowest BCUT2D eigenvalue weighted by molar-refractivity contribution is 0.172. The fourth-order valence-electron chi connectivity index (χ4n) is 3.97. The molecule has 30 heavy (non-hydrogen) atoms. The molecule has 0 spiro atoms. The maximum Gasteiger partial charge on any atom is 0.191 e. The van der Waals surface area contributed by atoms with E-state index in [2.05, 4.69) is 62.7 Å². The maximum atomic E-state index is 4.88. The summed E-state index contributed by atoms with van der Waals surface area (Å²) in [6.07, 6.45) is 3.59. The van der Waals surface area contributed by atoms with Crippen molar-refractivity contribution in [3.05, 3.63) is 39.8 Å². The highest BCUT2D eigenvalue weighted by atomic mass is 127. The van der Waals surface area contributed by atoms with Crippen molar-refractivity contribution in [1.29, 1.82) is 0 Å². The third-order valence-electron chi connectivity index (χ3n) is 5.36. The second-order valence-corrected chi connectivity index (χ2v) is 9.01. The van der Waals surface area contributed by atoms with Crippen LogP contribution in [0.5, 0.6) is 0 Å². The van der Waals surface area contributed by atoms with Crippen LogP contribution in [0.25, 0.3) is 0 Å². The number of rotatable bonds is 9. The first-order valence-corrected chi connectivity index (χ1v) is 11.8. The van der Waals surface area contributed by atoms with Crippen LogP contribution < -0.4 is 10.6 Å². The average Bonchev–Trinajstić information content (AvgIpc) is 3.32. The zero-order chi connectivity index (χ0) is 20.5. The van der Waals surface area contributed by atoms with Gasteiger partial charge in [0.15, 0.2) is 5.96 Å². The first-order chi connectivity index (χ1) is 14.1. The Morgan fingerprint density at radius 3 is 2.90 bits per heavy atom. The Kier molecular flexibility index (Phi) is 11.2. The molecule has 0 radical (unpaired) electrons. The number of piperidine rings is 1. The highest BCUT2D eigenvalue weighted by molar-refractivity contribution is 14.0. The lowest BCUT2D eigenvalue weighted by Crippen LogP contribution is -2.40. The third kappa shape index (κ3) is 8.19. The number of thiophene rings is 1. The second-order valence-electron chi connectivity index (χ2n) is 7.97. The van der Waals surface area contributed by atoms with Crippen molar-refractivity contribution in [1.82, 2.24) is 25.3 Å². The predicted octanol–water partition coefficient (Wildman–Crippen LogP) is 4.04. The van der Waals surface area contributed by atoms with Gasteiger partial charge in [0.1, 0.15) is 0 Å². The van der Waals surface area contributed by atoms with Crippen molar-refractivity contribution >= 4 is 41.3 Å². The summed E-state index contributed by atoms with van der Waals surface area (Å²) in [6.45, 7) is 13.4. The number of nitrogens with zero attached hydrogens (tertiary/aromatic N) is 4. The van der Waals surface area contributed by atoms with Crippen LogP contribution in [-0.2, 0) is 13.1 Å². The van der Waals surface area contributed by atoms with E-state index in [0.717, 1.165) is 57.3 Å². The summed E-state index contributed by atoms with van der Waals surface area (Å²) in [4.78, 5) is 8.93. The van der Waals surface area contributed by atoms with Crippen molar-refractivity contribution in [3.63, 3.8) is 0 Å². The van der Waals surface area contributed by atoms with Crippen molar-refractivity contribution in [2.24, 2.45) is 10.9 Å². The Morgan fingerprint density at radius 1 is 1.33 bits per heavy atom. The Balaban J connectivity index is 0.00000320. The van der Waals surface area contributed by atoms with E-state index in [1.807, 2.05) is 18.3 Å². The first-order valence-electron chi connectivity index (χ1n) is 10.9. The van der Waals surface area contributed by atoms with Gasteiger partial charge in [-0.15, -0.1) is 35.3 Å². The lowest BCUT2D eigenvalue weighted by atomic mass is 9.98. The minimum Gasteiger partial charge on any atom is -0.357 e. The molecule has 1 saturated heterocycles. The Labute approximate surface area is 202 Å². The van der Waals surface area contributed by atoms with Crippen LogP contribution >= 0.6 is 35.3 Å². The SMILES string of the molecule is CCNC(=NCC1CCCN(Cc2cccs2)C1)NCCCn1nc(C)cc1C.I. The highest BCUT2D eigenvalue weighted by Crippen LogP contribution is 2.20. The van der Waals surface area contributed by atoms with E-state index in [9.17, 15) is 0 Å². The maximum absolute atomic E-state index is 4.88. The normalized spacial score (nSPS) is 17.6. The van der Waals surface area contributed by atoms with Gasteiger partial charge in [-0.05, 0) is 70.0 Å². The molecule has 1 atom stereocenters. The summed E-state index contributed by atoms with van der Waals surface area (Å²) in [7, 11) is 0. The second kappa shape index (κ2) is 13.3. The minimum atomic E-state index is 0. The van der Waals surface area contributed by atoms with Crippen LogP contribution in [0.3, 0.4) is 0 Å². The summed E-state index contributed by atoms with van der Waals surface area (Å²) in [5.74, 6) is 1.59. The summed E-state index contributed by atoms with van der Waals surface area (Å²) in [5, 5.41) is 13.6. The molecule has 6 nitrogen and oxygen atoms in total. The van der Waals surface area contributed by atoms with Gasteiger partial charge in [0, 0.05) is 49.8 Å². The van der Waals surface area contributed by atoms with E-state index < -0.39 is 0 Å². The molecule has 1 aliphatic heterocycles. The van der Waals surface area contributed by atoms with E-state index >= 15 is 0 Å². The van der Waals surface area contributed by atoms with Gasteiger partial charge in [0.2, 0.25) is 0 Å². The molecule has 1 aliphatic rings. The molecule has 1 fully saturated rings. The Hall–Kier alpha value is -1.13. The van der Waals surface area contributed by atoms with Crippen molar-refractivity contribution in [2.75, 3.05) is 32.7 Å². The third-order valence-corrected chi connectivity index (χ3v) is 6.22. The van der Waals surface area contributed by atoms with Crippen LogP contribution in [-0.4, -0.2) is 53.4 Å². The molecule has 1 unspecified atom stereocenters. The quantitative estimate of drug-likeness (QED) is 0.217. The number of hydrogen-bond acceptors (Lipinski definition) is 4. The molecule has 2 aromatic rings. The van der Waals surface area contributed by atoms with Gasteiger partial charge in [-0.1, -0.05) is 6.07 Å². The fraction of sp³-hybridized carbons (Fsp3) is 0.636. The number of likely N-dealkylation sites (tertiary alicyclic amines) is 1. The number of hydrogen-bond donors (Lipinski definition) is 2. The molecule has 3 heterocycles. The largest absolute Gasteiger partial charge is 0.357 e. The van der Waals surface area contributed by atoms with Gasteiger partial charge in [-0.2, -0.15) is 5.10 Å². The van der Waals surface area contributed by atoms with E-state index in [0.29, 0.717) is 5.92 Å². The zero-order valence-corrected chi connectivity index (χ0v) is 21.7. The molecule has 3 rings (SSSR count). The average molecular weight is 545 g/mol. The molecule has 0 bridgehead atoms. The molecule has 0 amide bonds. The number of aryl methyl sites for hydroxylation is 3. The molecule has 8 heteroatoms. The number of nitrogens with one attached hydrogen (secondary N) is 2. The highest BCUT2D eigenvalue weighted by Gasteiger charge is 2.20. The molecule has 0 saturated carbocycles. The van der Waals surface area contributed by atoms with Crippen molar-refractivity contribution < 1.29 is 0 Å². The summed E-state index contributed by atoms with van der Waals surface area (Å²) in [5.41, 5.74) is 2.32. The molecular formula is C22H37IN6S. The lowest BCUT2D eigenvalue weighted by Gasteiger charge is -2.31. The Morgan fingerprint density at radius 2 is 2.20 bits per heavy atom. The van der Waals surface area contributed by atoms with Gasteiger partial charge in [-0.3, -0.25) is 14.6 Å². The molecule has 168 valence electrons. The first kappa shape index (κ1) is 25.1. The van der Waals surface area contributed by atoms with Gasteiger partial charge >= 0.3 is 0 Å². The standard InChI is InChI=1S/C22H36N6S.HI/c1-4-23-22(24-10-7-12-28-19(3)14-18(2)26-28)25-15-20-8-5-11-27(16-20)17-21-9-6-13-29-21;/h6,9,13-14,20H,4-5,7-8,10-12,15-17H2,1-3H3,(H2,23,24,25);1H. The summed E-state index contributed by atoms with van der Waals surface area (Å²) < 4.78 is 2.09. The number of guanidine groups is 1. The summed E-state index contributed by atoms with van der Waals surface area (Å²) >= 11 is 1.86. The van der Waals surface area contributed by atoms with E-state index in [4.69, 9.17) is 4.99 Å². The number of aromatic nitrogens is 2. The van der Waals surface area contributed by atoms with Crippen LogP contribution in [0.2, 0.25) is 0 Å². The Bertz CT molecular complexity index is 758. The van der Waals surface area contributed by atoms with Crippen molar-refractivity contribution in [2.45, 2.75) is 53.1 Å². The van der Waals surface area contributed by atoms with Crippen LogP contribution in [0.4, 0.5) is 0 Å². The van der Waals surface area contributed by atoms with Crippen molar-refractivity contribution in [3.8, 4) is 0 Å². The van der Waals surface area contributed by atoms with Crippen LogP contribution in [0, 0.1) is 19.8 Å². The zero-order valence-electron chi connectivity index (χ0n) is 18.6. The van der Waals surface area contributed by atoms with Gasteiger partial charge in [-0.25, -0.2) is 0 Å². The van der Waals surface area contributed by atoms with E-state index in [1.165, 1.54) is 30.0 Å². The summed E-state index contributed by atoms with van der Waals surface area (Å²) in [6, 6.07) is 6.52. The molecule has 0 aromatic carbocycles. The van der Waals surface area contributed by atoms with Crippen LogP contribution in [0.15, 0.2) is 28.6 Å². The topological polar surface area (TPSA) is 57.5 Å². The number of halogens is 1. The van der Waals surface area contributed by atoms with Gasteiger partial charge in [0.05, 0.1) is 5.69 Å². The molecule has 0 aliphatic carbocycles. The predicted molar refractivity (Wildman–Crippen MR) is 138 cm³/mol.